The molecule has 0 aliphatic carbocycles. The number of hydrazine groups is 1. The predicted octanol–water partition coefficient (Wildman–Crippen LogP) is 4.29. The maximum Gasteiger partial charge on any atom is 0.276 e. The van der Waals surface area contributed by atoms with Crippen LogP contribution in [0.2, 0.25) is 5.02 Å². The molecule has 2 amide bonds. The normalized spacial score (nSPS) is 10.5. The first-order chi connectivity index (χ1) is 13.3. The number of hydrogen-bond acceptors (Lipinski definition) is 4. The largest absolute Gasteiger partial charge is 0.492 e. The summed E-state index contributed by atoms with van der Waals surface area (Å²) in [7, 11) is 0. The van der Waals surface area contributed by atoms with E-state index in [1.54, 1.807) is 36.4 Å². The molecule has 0 saturated carbocycles. The molecule has 0 bridgehead atoms. The number of carbonyl (C=O) groups is 2. The molecule has 0 aliphatic heterocycles. The van der Waals surface area contributed by atoms with Crippen LogP contribution in [0.25, 0.3) is 0 Å². The number of benzene rings is 2. The fourth-order valence-corrected chi connectivity index (χ4v) is 2.63. The van der Waals surface area contributed by atoms with E-state index in [9.17, 15) is 9.59 Å². The van der Waals surface area contributed by atoms with Gasteiger partial charge in [-0.3, -0.25) is 20.4 Å². The van der Waals surface area contributed by atoms with Crippen molar-refractivity contribution >= 4 is 39.3 Å². The van der Waals surface area contributed by atoms with Crippen molar-refractivity contribution in [1.29, 1.82) is 0 Å². The van der Waals surface area contributed by atoms with Gasteiger partial charge in [-0.2, -0.15) is 0 Å². The Morgan fingerprint density at radius 2 is 1.86 bits per heavy atom. The van der Waals surface area contributed by atoms with Crippen LogP contribution in [0.5, 0.6) is 11.5 Å². The van der Waals surface area contributed by atoms with Gasteiger partial charge < -0.3 is 9.47 Å². The highest BCUT2D eigenvalue weighted by molar-refractivity contribution is 9.10. The molecule has 0 atom stereocenters. The van der Waals surface area contributed by atoms with E-state index in [4.69, 9.17) is 21.1 Å². The quantitative estimate of drug-likeness (QED) is 0.593. The minimum absolute atomic E-state index is 0.253. The molecule has 0 spiro atoms. The van der Waals surface area contributed by atoms with Crippen molar-refractivity contribution in [2.24, 2.45) is 5.92 Å². The first kappa shape index (κ1) is 22.0. The molecule has 2 aromatic carbocycles. The van der Waals surface area contributed by atoms with Crippen LogP contribution >= 0.6 is 27.5 Å². The zero-order chi connectivity index (χ0) is 20.7. The van der Waals surface area contributed by atoms with Gasteiger partial charge in [-0.1, -0.05) is 41.4 Å². The van der Waals surface area contributed by atoms with E-state index in [0.29, 0.717) is 34.6 Å². The van der Waals surface area contributed by atoms with Crippen LogP contribution in [0, 0.1) is 12.8 Å². The van der Waals surface area contributed by atoms with Crippen LogP contribution in [0.3, 0.4) is 0 Å². The van der Waals surface area contributed by atoms with Gasteiger partial charge in [0.15, 0.2) is 6.61 Å². The molecule has 28 heavy (non-hydrogen) atoms. The zero-order valence-corrected chi connectivity index (χ0v) is 18.2. The molecule has 2 aromatic rings. The molecule has 150 valence electrons. The number of rotatable bonds is 7. The Balaban J connectivity index is 1.91. The molecular formula is C20H22BrClN2O4. The lowest BCUT2D eigenvalue weighted by atomic mass is 10.2. The SMILES string of the molecule is Cc1cc(OCC(=O)NNC(=O)c2cc(Br)ccc2OCC(C)C)ccc1Cl. The summed E-state index contributed by atoms with van der Waals surface area (Å²) in [5, 5.41) is 0.619. The molecule has 6 nitrogen and oxygen atoms in total. The first-order valence-corrected chi connectivity index (χ1v) is 9.84. The van der Waals surface area contributed by atoms with Gasteiger partial charge in [0.25, 0.3) is 11.8 Å². The Labute approximate surface area is 177 Å². The van der Waals surface area contributed by atoms with Gasteiger partial charge in [0, 0.05) is 9.50 Å². The summed E-state index contributed by atoms with van der Waals surface area (Å²) in [5.74, 6) is 0.278. The Hall–Kier alpha value is -2.25. The minimum Gasteiger partial charge on any atom is -0.492 e. The average Bonchev–Trinajstić information content (AvgIpc) is 2.65. The summed E-state index contributed by atoms with van der Waals surface area (Å²) in [6, 6.07) is 10.2. The fraction of sp³-hybridized carbons (Fsp3) is 0.300. The summed E-state index contributed by atoms with van der Waals surface area (Å²) in [6.07, 6.45) is 0. The Bertz CT molecular complexity index is 858. The minimum atomic E-state index is -0.499. The number of hydrogen-bond donors (Lipinski definition) is 2. The molecule has 0 saturated heterocycles. The van der Waals surface area contributed by atoms with Gasteiger partial charge in [0.1, 0.15) is 11.5 Å². The topological polar surface area (TPSA) is 76.7 Å². The Morgan fingerprint density at radius 1 is 1.11 bits per heavy atom. The predicted molar refractivity (Wildman–Crippen MR) is 112 cm³/mol. The van der Waals surface area contributed by atoms with Crippen molar-refractivity contribution < 1.29 is 19.1 Å². The average molecular weight is 470 g/mol. The Morgan fingerprint density at radius 3 is 2.54 bits per heavy atom. The van der Waals surface area contributed by atoms with Crippen LogP contribution in [-0.4, -0.2) is 25.0 Å². The Kier molecular flexibility index (Phi) is 8.14. The molecule has 2 rings (SSSR count). The summed E-state index contributed by atoms with van der Waals surface area (Å²) >= 11 is 9.29. The lowest BCUT2D eigenvalue weighted by molar-refractivity contribution is -0.123. The van der Waals surface area contributed by atoms with Crippen molar-refractivity contribution in [3.05, 3.63) is 57.0 Å². The second-order valence-corrected chi connectivity index (χ2v) is 7.87. The van der Waals surface area contributed by atoms with Gasteiger partial charge in [0.2, 0.25) is 0 Å². The van der Waals surface area contributed by atoms with E-state index in [2.05, 4.69) is 26.8 Å². The molecule has 0 aliphatic rings. The zero-order valence-electron chi connectivity index (χ0n) is 15.8. The molecule has 2 N–H and O–H groups in total. The lowest BCUT2D eigenvalue weighted by Crippen LogP contribution is -2.44. The molecule has 0 heterocycles. The standard InChI is InChI=1S/C20H22BrClN2O4/c1-12(2)10-28-18-7-4-14(21)9-16(18)20(26)24-23-19(25)11-27-15-5-6-17(22)13(3)8-15/h4-9,12H,10-11H2,1-3H3,(H,23,25)(H,24,26). The van der Waals surface area contributed by atoms with Gasteiger partial charge in [-0.15, -0.1) is 0 Å². The molecule has 0 aromatic heterocycles. The van der Waals surface area contributed by atoms with Crippen molar-refractivity contribution in [2.75, 3.05) is 13.2 Å². The maximum absolute atomic E-state index is 12.4. The van der Waals surface area contributed by atoms with E-state index in [0.717, 1.165) is 10.0 Å². The number of ether oxygens (including phenoxy) is 2. The third-order valence-electron chi connectivity index (χ3n) is 3.57. The highest BCUT2D eigenvalue weighted by atomic mass is 79.9. The number of carbonyl (C=O) groups excluding carboxylic acids is 2. The molecule has 0 unspecified atom stereocenters. The third kappa shape index (κ3) is 6.73. The van der Waals surface area contributed by atoms with Gasteiger partial charge in [0.05, 0.1) is 12.2 Å². The van der Waals surface area contributed by atoms with E-state index >= 15 is 0 Å². The van der Waals surface area contributed by atoms with Crippen molar-refractivity contribution in [3.63, 3.8) is 0 Å². The van der Waals surface area contributed by atoms with E-state index in [1.807, 2.05) is 20.8 Å². The molecular weight excluding hydrogens is 448 g/mol. The van der Waals surface area contributed by atoms with Gasteiger partial charge in [-0.25, -0.2) is 0 Å². The number of aryl methyl sites for hydroxylation is 1. The molecule has 0 fully saturated rings. The monoisotopic (exact) mass is 468 g/mol. The summed E-state index contributed by atoms with van der Waals surface area (Å²) in [5.41, 5.74) is 5.85. The highest BCUT2D eigenvalue weighted by Gasteiger charge is 2.15. The van der Waals surface area contributed by atoms with Crippen molar-refractivity contribution in [2.45, 2.75) is 20.8 Å². The van der Waals surface area contributed by atoms with Crippen LogP contribution in [0.4, 0.5) is 0 Å². The van der Waals surface area contributed by atoms with Crippen molar-refractivity contribution in [1.82, 2.24) is 10.9 Å². The second kappa shape index (κ2) is 10.3. The second-order valence-electron chi connectivity index (χ2n) is 6.55. The summed E-state index contributed by atoms with van der Waals surface area (Å²) in [4.78, 5) is 24.4. The lowest BCUT2D eigenvalue weighted by Gasteiger charge is -2.14. The molecule has 0 radical (unpaired) electrons. The van der Waals surface area contributed by atoms with E-state index in [-0.39, 0.29) is 6.61 Å². The molecule has 8 heteroatoms. The van der Waals surface area contributed by atoms with Gasteiger partial charge >= 0.3 is 0 Å². The van der Waals surface area contributed by atoms with E-state index in [1.165, 1.54) is 0 Å². The van der Waals surface area contributed by atoms with Crippen LogP contribution in [-0.2, 0) is 4.79 Å². The van der Waals surface area contributed by atoms with Crippen LogP contribution < -0.4 is 20.3 Å². The highest BCUT2D eigenvalue weighted by Crippen LogP contribution is 2.24. The van der Waals surface area contributed by atoms with Gasteiger partial charge in [-0.05, 0) is 54.8 Å². The summed E-state index contributed by atoms with van der Waals surface area (Å²) in [6.45, 7) is 6.09. The number of halogens is 2. The van der Waals surface area contributed by atoms with Crippen molar-refractivity contribution in [3.8, 4) is 11.5 Å². The summed E-state index contributed by atoms with van der Waals surface area (Å²) < 4.78 is 11.8. The van der Waals surface area contributed by atoms with Crippen LogP contribution in [0.1, 0.15) is 29.8 Å². The first-order valence-electron chi connectivity index (χ1n) is 8.66. The van der Waals surface area contributed by atoms with Crippen LogP contribution in [0.15, 0.2) is 40.9 Å². The fourth-order valence-electron chi connectivity index (χ4n) is 2.15. The number of amides is 2. The third-order valence-corrected chi connectivity index (χ3v) is 4.49. The van der Waals surface area contributed by atoms with E-state index < -0.39 is 11.8 Å². The smallest absolute Gasteiger partial charge is 0.276 e. The maximum atomic E-state index is 12.4. The number of nitrogens with one attached hydrogen (secondary N) is 2.